The van der Waals surface area contributed by atoms with Gasteiger partial charge >= 0.3 is 0 Å². The van der Waals surface area contributed by atoms with Crippen molar-refractivity contribution in [3.05, 3.63) is 145 Å². The van der Waals surface area contributed by atoms with Gasteiger partial charge < -0.3 is 9.80 Å². The second kappa shape index (κ2) is 19.2. The van der Waals surface area contributed by atoms with Gasteiger partial charge in [-0.2, -0.15) is 0 Å². The summed E-state index contributed by atoms with van der Waals surface area (Å²) >= 11 is 3.87. The first-order valence-corrected chi connectivity index (χ1v) is 25.1. The molecule has 3 aromatic carbocycles. The Bertz CT molecular complexity index is 2530. The van der Waals surface area contributed by atoms with E-state index in [2.05, 4.69) is 190 Å². The van der Waals surface area contributed by atoms with Gasteiger partial charge in [0.05, 0.1) is 0 Å². The minimum Gasteiger partial charge on any atom is -0.344 e. The quantitative estimate of drug-likeness (QED) is 0.0720. The molecule has 2 aliphatic heterocycles. The van der Waals surface area contributed by atoms with E-state index in [9.17, 15) is 0 Å². The standard InChI is InChI=1S/C58H72N2S2/c1-13-15-17-19-21-39(3)23-24-41(5)55-33-34-56(62-55)44-28-31-51-47(36-44)58(9,10)49-38-52-48(37-53(49)60(51)12)57(7,8)46-35-43(27-30-50(46)59(52)11)40(4)25-26-42(6)54-32-29-45(61-54)22-20-18-16-14-2/h23-38H,13-22H2,1-12H3/b39-23+,40-25+,41-24+,42-26+. The van der Waals surface area contributed by atoms with E-state index < -0.39 is 0 Å². The molecule has 0 bridgehead atoms. The molecule has 0 aliphatic carbocycles. The number of allylic oxidation sites excluding steroid dienone is 8. The first-order valence-electron chi connectivity index (χ1n) is 23.5. The van der Waals surface area contributed by atoms with Crippen molar-refractivity contribution in [1.29, 1.82) is 0 Å². The third-order valence-electron chi connectivity index (χ3n) is 13.9. The lowest BCUT2D eigenvalue weighted by Gasteiger charge is -2.45. The highest BCUT2D eigenvalue weighted by molar-refractivity contribution is 7.16. The molecule has 0 spiro atoms. The normalized spacial score (nSPS) is 16.0. The largest absolute Gasteiger partial charge is 0.344 e. The summed E-state index contributed by atoms with van der Waals surface area (Å²) in [4.78, 5) is 10.4. The molecule has 0 unspecified atom stereocenters. The molecular weight excluding hydrogens is 789 g/mol. The average molecular weight is 861 g/mol. The summed E-state index contributed by atoms with van der Waals surface area (Å²) in [6.07, 6.45) is 22.2. The summed E-state index contributed by atoms with van der Waals surface area (Å²) < 4.78 is 0. The number of hydrogen-bond donors (Lipinski definition) is 0. The molecule has 0 fully saturated rings. The van der Waals surface area contributed by atoms with Crippen LogP contribution < -0.4 is 9.80 Å². The summed E-state index contributed by atoms with van der Waals surface area (Å²) in [5, 5.41) is 0. The Morgan fingerprint density at radius 3 is 1.69 bits per heavy atom. The minimum absolute atomic E-state index is 0.180. The van der Waals surface area contributed by atoms with Crippen LogP contribution in [0, 0.1) is 0 Å². The molecule has 4 heterocycles. The molecule has 0 saturated heterocycles. The van der Waals surface area contributed by atoms with E-state index in [0.717, 1.165) is 0 Å². The molecule has 0 atom stereocenters. The fraction of sp³-hybridized carbons (Fsp3) is 0.414. The van der Waals surface area contributed by atoms with Gasteiger partial charge in [0.1, 0.15) is 0 Å². The summed E-state index contributed by atoms with van der Waals surface area (Å²) in [5.41, 5.74) is 18.3. The highest BCUT2D eigenvalue weighted by Gasteiger charge is 2.41. The zero-order valence-corrected chi connectivity index (χ0v) is 41.7. The number of rotatable bonds is 16. The third kappa shape index (κ3) is 9.29. The maximum atomic E-state index is 2.51. The van der Waals surface area contributed by atoms with Crippen LogP contribution in [0.4, 0.5) is 22.7 Å². The molecule has 326 valence electrons. The van der Waals surface area contributed by atoms with Crippen molar-refractivity contribution in [3.8, 4) is 10.4 Å². The highest BCUT2D eigenvalue weighted by Crippen LogP contribution is 2.56. The topological polar surface area (TPSA) is 6.48 Å². The minimum atomic E-state index is -0.181. The lowest BCUT2D eigenvalue weighted by Crippen LogP contribution is -2.35. The van der Waals surface area contributed by atoms with E-state index in [4.69, 9.17) is 0 Å². The lowest BCUT2D eigenvalue weighted by atomic mass is 9.68. The molecule has 0 saturated carbocycles. The van der Waals surface area contributed by atoms with Gasteiger partial charge in [-0.15, -0.1) is 22.7 Å². The Hall–Kier alpha value is -4.38. The van der Waals surface area contributed by atoms with E-state index in [0.29, 0.717) is 0 Å². The number of anilines is 4. The van der Waals surface area contributed by atoms with E-state index in [1.807, 2.05) is 22.7 Å². The van der Waals surface area contributed by atoms with E-state index in [1.54, 1.807) is 0 Å². The Balaban J connectivity index is 1.13. The van der Waals surface area contributed by atoms with Crippen molar-refractivity contribution in [2.75, 3.05) is 23.9 Å². The van der Waals surface area contributed by atoms with Crippen LogP contribution in [-0.2, 0) is 17.3 Å². The number of fused-ring (bicyclic) bond motifs is 4. The van der Waals surface area contributed by atoms with Gasteiger partial charge in [0.25, 0.3) is 0 Å². The number of aryl methyl sites for hydroxylation is 1. The lowest BCUT2D eigenvalue weighted by molar-refractivity contribution is 0.612. The van der Waals surface area contributed by atoms with Crippen LogP contribution in [0.15, 0.2) is 103 Å². The van der Waals surface area contributed by atoms with E-state index >= 15 is 0 Å². The molecule has 2 aromatic heterocycles. The molecule has 2 nitrogen and oxygen atoms in total. The van der Waals surface area contributed by atoms with E-state index in [-0.39, 0.29) is 10.8 Å². The van der Waals surface area contributed by atoms with Crippen molar-refractivity contribution >= 4 is 62.1 Å². The fourth-order valence-electron chi connectivity index (χ4n) is 9.59. The highest BCUT2D eigenvalue weighted by atomic mass is 32.1. The van der Waals surface area contributed by atoms with Crippen LogP contribution in [0.25, 0.3) is 27.2 Å². The van der Waals surface area contributed by atoms with Crippen LogP contribution in [0.2, 0.25) is 0 Å². The maximum Gasteiger partial charge on any atom is 0.0454 e. The van der Waals surface area contributed by atoms with Gasteiger partial charge in [-0.25, -0.2) is 0 Å². The summed E-state index contributed by atoms with van der Waals surface area (Å²) in [7, 11) is 4.52. The molecular formula is C58H72N2S2. The monoisotopic (exact) mass is 861 g/mol. The van der Waals surface area contributed by atoms with Crippen molar-refractivity contribution in [3.63, 3.8) is 0 Å². The zero-order chi connectivity index (χ0) is 44.3. The second-order valence-electron chi connectivity index (χ2n) is 19.3. The van der Waals surface area contributed by atoms with Gasteiger partial charge in [-0.05, 0) is 164 Å². The smallest absolute Gasteiger partial charge is 0.0454 e. The van der Waals surface area contributed by atoms with Crippen molar-refractivity contribution in [2.24, 2.45) is 0 Å². The molecule has 62 heavy (non-hydrogen) atoms. The molecule has 0 radical (unpaired) electrons. The summed E-state index contributed by atoms with van der Waals surface area (Å²) in [6.45, 7) is 23.3. The first kappa shape index (κ1) is 45.6. The van der Waals surface area contributed by atoms with Crippen LogP contribution in [0.3, 0.4) is 0 Å². The second-order valence-corrected chi connectivity index (χ2v) is 21.6. The van der Waals surface area contributed by atoms with Crippen LogP contribution in [0.1, 0.15) is 169 Å². The Morgan fingerprint density at radius 1 is 0.516 bits per heavy atom. The average Bonchev–Trinajstić information content (AvgIpc) is 3.97. The molecule has 5 aromatic rings. The van der Waals surface area contributed by atoms with Gasteiger partial charge in [0.15, 0.2) is 0 Å². The van der Waals surface area contributed by atoms with Crippen molar-refractivity contribution in [2.45, 2.75) is 144 Å². The number of benzene rings is 3. The maximum absolute atomic E-state index is 2.51. The first-order chi connectivity index (χ1) is 29.6. The fourth-order valence-corrected chi connectivity index (χ4v) is 11.6. The number of thiophene rings is 2. The third-order valence-corrected chi connectivity index (χ3v) is 16.5. The van der Waals surface area contributed by atoms with Gasteiger partial charge in [0.2, 0.25) is 0 Å². The molecule has 0 amide bonds. The molecule has 2 aliphatic rings. The summed E-state index contributed by atoms with van der Waals surface area (Å²) in [6, 6.07) is 28.6. The van der Waals surface area contributed by atoms with Crippen molar-refractivity contribution in [1.82, 2.24) is 0 Å². The van der Waals surface area contributed by atoms with Crippen molar-refractivity contribution < 1.29 is 0 Å². The van der Waals surface area contributed by atoms with E-state index in [1.165, 1.54) is 162 Å². The predicted octanol–water partition coefficient (Wildman–Crippen LogP) is 18.2. The molecule has 4 heteroatoms. The van der Waals surface area contributed by atoms with Gasteiger partial charge in [-0.1, -0.05) is 122 Å². The Kier molecular flexibility index (Phi) is 14.1. The van der Waals surface area contributed by atoms with Crippen LogP contribution >= 0.6 is 22.7 Å². The van der Waals surface area contributed by atoms with Gasteiger partial charge in [0, 0.05) is 67.2 Å². The van der Waals surface area contributed by atoms with Gasteiger partial charge in [-0.3, -0.25) is 0 Å². The molecule has 0 N–H and O–H groups in total. The number of nitrogens with zero attached hydrogens (tertiary/aromatic N) is 2. The number of hydrogen-bond acceptors (Lipinski definition) is 4. The van der Waals surface area contributed by atoms with Crippen LogP contribution in [0.5, 0.6) is 0 Å². The number of unbranched alkanes of at least 4 members (excludes halogenated alkanes) is 6. The predicted molar refractivity (Wildman–Crippen MR) is 279 cm³/mol. The Labute approximate surface area is 383 Å². The molecule has 7 rings (SSSR count). The van der Waals surface area contributed by atoms with Crippen LogP contribution in [-0.4, -0.2) is 14.1 Å². The summed E-state index contributed by atoms with van der Waals surface area (Å²) in [5.74, 6) is 0. The Morgan fingerprint density at radius 2 is 1.05 bits per heavy atom. The zero-order valence-electron chi connectivity index (χ0n) is 40.0. The SMILES string of the molecule is CCCCCC/C(C)=C/C=C(\C)c1ccc(-c2ccc3c(c2)C(C)(C)c2cc4c(cc2N3C)C(C)(C)c2cc(/C(C)=C/C=C(\C)c3ccc(CCCCCC)s3)ccc2N4C)s1.